The Morgan fingerprint density at radius 2 is 1.86 bits per heavy atom. The highest BCUT2D eigenvalue weighted by Crippen LogP contribution is 2.33. The first kappa shape index (κ1) is 25.1. The van der Waals surface area contributed by atoms with Gasteiger partial charge in [0.1, 0.15) is 17.3 Å². The van der Waals surface area contributed by atoms with Gasteiger partial charge in [-0.25, -0.2) is 9.79 Å². The third-order valence-electron chi connectivity index (χ3n) is 5.96. The molecular formula is C27H20Cl2N2O5S. The van der Waals surface area contributed by atoms with Gasteiger partial charge in [-0.05, 0) is 55.0 Å². The molecule has 3 heterocycles. The number of furan rings is 1. The van der Waals surface area contributed by atoms with Gasteiger partial charge in [-0.3, -0.25) is 9.36 Å². The van der Waals surface area contributed by atoms with Gasteiger partial charge in [-0.1, -0.05) is 46.7 Å². The van der Waals surface area contributed by atoms with E-state index in [0.29, 0.717) is 53.5 Å². The van der Waals surface area contributed by atoms with Crippen molar-refractivity contribution in [1.29, 1.82) is 0 Å². The smallest absolute Gasteiger partial charge is 0.338 e. The molecule has 0 spiro atoms. The number of carbonyl (C=O) groups excluding carboxylic acids is 1. The lowest BCUT2D eigenvalue weighted by Gasteiger charge is -2.24. The first-order chi connectivity index (χ1) is 17.8. The van der Waals surface area contributed by atoms with Crippen LogP contribution < -0.4 is 19.6 Å². The summed E-state index contributed by atoms with van der Waals surface area (Å²) in [5, 5.41) is 0.979. The number of fused-ring (bicyclic) bond motifs is 1. The fourth-order valence-corrected chi connectivity index (χ4v) is 5.72. The molecule has 0 amide bonds. The lowest BCUT2D eigenvalue weighted by molar-refractivity contribution is -0.136. The van der Waals surface area contributed by atoms with Crippen molar-refractivity contribution in [3.63, 3.8) is 0 Å². The molecule has 188 valence electrons. The van der Waals surface area contributed by atoms with Crippen LogP contribution >= 0.6 is 34.5 Å². The summed E-state index contributed by atoms with van der Waals surface area (Å²) < 4.78 is 18.2. The van der Waals surface area contributed by atoms with Gasteiger partial charge in [0.15, 0.2) is 4.80 Å². The Kier molecular flexibility index (Phi) is 6.81. The van der Waals surface area contributed by atoms with E-state index >= 15 is 0 Å². The number of hydrogen-bond acceptors (Lipinski definition) is 7. The van der Waals surface area contributed by atoms with Crippen molar-refractivity contribution in [3.8, 4) is 17.1 Å². The van der Waals surface area contributed by atoms with Crippen LogP contribution in [0.3, 0.4) is 0 Å². The Morgan fingerprint density at radius 1 is 1.11 bits per heavy atom. The lowest BCUT2D eigenvalue weighted by atomic mass is 9.96. The maximum atomic E-state index is 13.7. The van der Waals surface area contributed by atoms with E-state index in [1.165, 1.54) is 23.0 Å². The molecule has 4 aromatic rings. The Hall–Kier alpha value is -3.59. The SMILES string of the molecule is COC(=O)C1=C(C)N=c2s/c(=C/c3ccc(-c4ccc(Cl)cc4Cl)o3)c(=O)n2[C@@H]1c1ccc(OC)cc1. The van der Waals surface area contributed by atoms with E-state index in [4.69, 9.17) is 37.1 Å². The molecule has 0 aliphatic carbocycles. The lowest BCUT2D eigenvalue weighted by Crippen LogP contribution is -2.39. The molecule has 0 bridgehead atoms. The van der Waals surface area contributed by atoms with Crippen LogP contribution in [0.15, 0.2) is 80.1 Å². The molecule has 37 heavy (non-hydrogen) atoms. The topological polar surface area (TPSA) is 83.0 Å². The van der Waals surface area contributed by atoms with Crippen LogP contribution in [0.4, 0.5) is 0 Å². The zero-order valence-corrected chi connectivity index (χ0v) is 22.3. The van der Waals surface area contributed by atoms with Crippen molar-refractivity contribution >= 4 is 46.6 Å². The van der Waals surface area contributed by atoms with Crippen molar-refractivity contribution in [1.82, 2.24) is 4.57 Å². The van der Waals surface area contributed by atoms with Crippen molar-refractivity contribution in [2.75, 3.05) is 14.2 Å². The molecule has 0 unspecified atom stereocenters. The Bertz CT molecular complexity index is 1730. The highest BCUT2D eigenvalue weighted by atomic mass is 35.5. The zero-order valence-electron chi connectivity index (χ0n) is 20.0. The van der Waals surface area contributed by atoms with Gasteiger partial charge >= 0.3 is 5.97 Å². The van der Waals surface area contributed by atoms with E-state index in [2.05, 4.69) is 4.99 Å². The highest BCUT2D eigenvalue weighted by molar-refractivity contribution is 7.07. The molecule has 1 aliphatic heterocycles. The van der Waals surface area contributed by atoms with E-state index in [9.17, 15) is 9.59 Å². The first-order valence-corrected chi connectivity index (χ1v) is 12.7. The Labute approximate surface area is 225 Å². The molecule has 1 atom stereocenters. The molecule has 0 N–H and O–H groups in total. The number of halogens is 2. The number of methoxy groups -OCH3 is 2. The van der Waals surface area contributed by atoms with Crippen molar-refractivity contribution in [2.45, 2.75) is 13.0 Å². The quantitative estimate of drug-likeness (QED) is 0.325. The van der Waals surface area contributed by atoms with Gasteiger partial charge in [0.05, 0.1) is 41.1 Å². The molecule has 0 saturated carbocycles. The average molecular weight is 555 g/mol. The normalized spacial score (nSPS) is 15.4. The van der Waals surface area contributed by atoms with Crippen LogP contribution in [0.5, 0.6) is 5.75 Å². The Morgan fingerprint density at radius 3 is 2.54 bits per heavy atom. The van der Waals surface area contributed by atoms with E-state index in [1.54, 1.807) is 62.6 Å². The molecule has 0 saturated heterocycles. The molecule has 5 rings (SSSR count). The molecule has 2 aromatic heterocycles. The molecule has 2 aromatic carbocycles. The second-order valence-electron chi connectivity index (χ2n) is 8.17. The van der Waals surface area contributed by atoms with Crippen LogP contribution in [-0.4, -0.2) is 24.8 Å². The third kappa shape index (κ3) is 4.64. The number of hydrogen-bond donors (Lipinski definition) is 0. The molecule has 1 aliphatic rings. The number of rotatable bonds is 5. The number of esters is 1. The zero-order chi connectivity index (χ0) is 26.3. The first-order valence-electron chi connectivity index (χ1n) is 11.1. The van der Waals surface area contributed by atoms with E-state index in [0.717, 1.165) is 5.56 Å². The predicted molar refractivity (Wildman–Crippen MR) is 143 cm³/mol. The minimum atomic E-state index is -0.711. The Balaban J connectivity index is 1.63. The van der Waals surface area contributed by atoms with Crippen molar-refractivity contribution in [2.24, 2.45) is 4.99 Å². The van der Waals surface area contributed by atoms with Crippen molar-refractivity contribution < 1.29 is 18.7 Å². The minimum Gasteiger partial charge on any atom is -0.497 e. The molecule has 0 radical (unpaired) electrons. The van der Waals surface area contributed by atoms with E-state index in [-0.39, 0.29) is 5.56 Å². The number of nitrogens with zero attached hydrogens (tertiary/aromatic N) is 2. The molecule has 7 nitrogen and oxygen atoms in total. The fourth-order valence-electron chi connectivity index (χ4n) is 4.19. The summed E-state index contributed by atoms with van der Waals surface area (Å²) in [7, 11) is 2.88. The summed E-state index contributed by atoms with van der Waals surface area (Å²) in [5.74, 6) is 1.12. The van der Waals surface area contributed by atoms with Crippen LogP contribution in [0.2, 0.25) is 10.0 Å². The molecular weight excluding hydrogens is 535 g/mol. The van der Waals surface area contributed by atoms with Gasteiger partial charge < -0.3 is 13.9 Å². The van der Waals surface area contributed by atoms with Gasteiger partial charge in [0, 0.05) is 16.7 Å². The maximum absolute atomic E-state index is 13.7. The summed E-state index contributed by atoms with van der Waals surface area (Å²) in [6.45, 7) is 1.73. The summed E-state index contributed by atoms with van der Waals surface area (Å²) in [6.07, 6.45) is 1.65. The maximum Gasteiger partial charge on any atom is 0.338 e. The fraction of sp³-hybridized carbons (Fsp3) is 0.148. The predicted octanol–water partition coefficient (Wildman–Crippen LogP) is 4.98. The van der Waals surface area contributed by atoms with Gasteiger partial charge in [-0.15, -0.1) is 0 Å². The second kappa shape index (κ2) is 10.0. The summed E-state index contributed by atoms with van der Waals surface area (Å²) >= 11 is 13.5. The minimum absolute atomic E-state index is 0.296. The molecule has 10 heteroatoms. The van der Waals surface area contributed by atoms with Crippen LogP contribution in [0.25, 0.3) is 17.4 Å². The van der Waals surface area contributed by atoms with Crippen LogP contribution in [0.1, 0.15) is 24.3 Å². The number of aromatic nitrogens is 1. The van der Waals surface area contributed by atoms with Gasteiger partial charge in [0.2, 0.25) is 0 Å². The largest absolute Gasteiger partial charge is 0.497 e. The highest BCUT2D eigenvalue weighted by Gasteiger charge is 2.33. The number of allylic oxidation sites excluding steroid dienone is 1. The third-order valence-corrected chi connectivity index (χ3v) is 7.49. The van der Waals surface area contributed by atoms with E-state index in [1.807, 2.05) is 12.1 Å². The summed E-state index contributed by atoms with van der Waals surface area (Å²) in [4.78, 5) is 31.5. The van der Waals surface area contributed by atoms with Gasteiger partial charge in [-0.2, -0.15) is 0 Å². The number of thiazole rings is 1. The van der Waals surface area contributed by atoms with Gasteiger partial charge in [0.25, 0.3) is 5.56 Å². The molecule has 0 fully saturated rings. The number of benzene rings is 2. The summed E-state index contributed by atoms with van der Waals surface area (Å²) in [5.41, 5.74) is 1.88. The second-order valence-corrected chi connectivity index (χ2v) is 10.0. The van der Waals surface area contributed by atoms with Crippen LogP contribution in [-0.2, 0) is 9.53 Å². The average Bonchev–Trinajstić information content (AvgIpc) is 3.47. The monoisotopic (exact) mass is 554 g/mol. The van der Waals surface area contributed by atoms with Crippen LogP contribution in [0, 0.1) is 0 Å². The number of ether oxygens (including phenoxy) is 2. The van der Waals surface area contributed by atoms with Crippen molar-refractivity contribution in [3.05, 3.63) is 107 Å². The van der Waals surface area contributed by atoms with E-state index < -0.39 is 12.0 Å². The summed E-state index contributed by atoms with van der Waals surface area (Å²) in [6, 6.07) is 15.1. The number of carbonyl (C=O) groups is 1. The standard InChI is InChI=1S/C27H20Cl2N2O5S/c1-14-23(26(33)35-3)24(15-4-7-17(34-2)8-5-15)31-25(32)22(37-27(31)30-14)13-18-9-11-21(36-18)19-10-6-16(28)12-20(19)29/h4-13,24H,1-3H3/b22-13+/t24-/m1/s1.